The van der Waals surface area contributed by atoms with Crippen LogP contribution in [-0.4, -0.2) is 4.57 Å². The smallest absolute Gasteiger partial charge is 0.0541 e. The molecule has 0 spiro atoms. The summed E-state index contributed by atoms with van der Waals surface area (Å²) in [4.78, 5) is 0. The van der Waals surface area contributed by atoms with Gasteiger partial charge >= 0.3 is 0 Å². The molecule has 32 heavy (non-hydrogen) atoms. The van der Waals surface area contributed by atoms with Gasteiger partial charge < -0.3 is 4.57 Å². The minimum atomic E-state index is 1.11. The average Bonchev–Trinajstić information content (AvgIpc) is 3.18. The predicted molar refractivity (Wildman–Crippen MR) is 137 cm³/mol. The van der Waals surface area contributed by atoms with Gasteiger partial charge in [-0.15, -0.1) is 0 Å². The molecule has 5 aromatic rings. The first-order chi connectivity index (χ1) is 15.8. The van der Waals surface area contributed by atoms with Gasteiger partial charge in [0, 0.05) is 16.5 Å². The Morgan fingerprint density at radius 2 is 1.34 bits per heavy atom. The van der Waals surface area contributed by atoms with Crippen LogP contribution < -0.4 is 0 Å². The van der Waals surface area contributed by atoms with Crippen molar-refractivity contribution in [3.8, 4) is 16.8 Å². The summed E-state index contributed by atoms with van der Waals surface area (Å²) in [6, 6.07) is 33.3. The lowest BCUT2D eigenvalue weighted by Gasteiger charge is -2.11. The predicted octanol–water partition coefficient (Wildman–Crippen LogP) is 8.49. The van der Waals surface area contributed by atoms with Crippen LogP contribution in [0.3, 0.4) is 0 Å². The van der Waals surface area contributed by atoms with E-state index in [9.17, 15) is 0 Å². The zero-order valence-corrected chi connectivity index (χ0v) is 18.3. The lowest BCUT2D eigenvalue weighted by atomic mass is 9.96. The maximum absolute atomic E-state index is 2.40. The van der Waals surface area contributed by atoms with E-state index < -0.39 is 0 Å². The monoisotopic (exact) mass is 411 g/mol. The molecule has 0 atom stereocenters. The minimum absolute atomic E-state index is 1.11. The van der Waals surface area contributed by atoms with Gasteiger partial charge in [0.2, 0.25) is 0 Å². The Bertz CT molecular complexity index is 1500. The van der Waals surface area contributed by atoms with Gasteiger partial charge in [0.1, 0.15) is 0 Å². The van der Waals surface area contributed by atoms with Crippen LogP contribution in [0, 0.1) is 6.92 Å². The molecule has 1 aliphatic carbocycles. The molecule has 1 heteroatoms. The summed E-state index contributed by atoms with van der Waals surface area (Å²) in [6.45, 7) is 2.18. The van der Waals surface area contributed by atoms with E-state index in [0.29, 0.717) is 0 Å². The fourth-order valence-electron chi connectivity index (χ4n) is 4.89. The van der Waals surface area contributed by atoms with Crippen molar-refractivity contribution >= 4 is 27.4 Å². The van der Waals surface area contributed by atoms with Crippen LogP contribution in [0.25, 0.3) is 44.2 Å². The van der Waals surface area contributed by atoms with Crippen molar-refractivity contribution < 1.29 is 0 Å². The summed E-state index contributed by atoms with van der Waals surface area (Å²) in [7, 11) is 0. The van der Waals surface area contributed by atoms with E-state index in [1.165, 1.54) is 55.3 Å². The highest BCUT2D eigenvalue weighted by molar-refractivity contribution is 6.10. The van der Waals surface area contributed by atoms with Gasteiger partial charge in [-0.05, 0) is 78.4 Å². The third kappa shape index (κ3) is 3.18. The lowest BCUT2D eigenvalue weighted by Crippen LogP contribution is -1.94. The number of hydrogen-bond acceptors (Lipinski definition) is 0. The molecule has 0 fully saturated rings. The fourth-order valence-corrected chi connectivity index (χ4v) is 4.89. The van der Waals surface area contributed by atoms with Crippen molar-refractivity contribution in [3.05, 3.63) is 120 Å². The van der Waals surface area contributed by atoms with Crippen LogP contribution in [0.15, 0.2) is 109 Å². The van der Waals surface area contributed by atoms with Crippen molar-refractivity contribution in [1.82, 2.24) is 4.57 Å². The van der Waals surface area contributed by atoms with Crippen molar-refractivity contribution in [2.45, 2.75) is 19.8 Å². The Balaban J connectivity index is 1.54. The zero-order chi connectivity index (χ0) is 21.5. The van der Waals surface area contributed by atoms with E-state index in [1.54, 1.807) is 0 Å². The molecule has 0 unspecified atom stereocenters. The highest BCUT2D eigenvalue weighted by atomic mass is 15.0. The van der Waals surface area contributed by atoms with E-state index in [0.717, 1.165) is 12.8 Å². The highest BCUT2D eigenvalue weighted by Gasteiger charge is 2.14. The summed E-state index contributed by atoms with van der Waals surface area (Å²) in [5.41, 5.74) is 10.3. The third-order valence-electron chi connectivity index (χ3n) is 6.54. The van der Waals surface area contributed by atoms with Crippen molar-refractivity contribution in [2.24, 2.45) is 0 Å². The Morgan fingerprint density at radius 3 is 2.09 bits per heavy atom. The van der Waals surface area contributed by atoms with Crippen LogP contribution >= 0.6 is 0 Å². The number of aryl methyl sites for hydroxylation is 1. The molecule has 0 aliphatic heterocycles. The van der Waals surface area contributed by atoms with Gasteiger partial charge in [-0.3, -0.25) is 0 Å². The molecule has 1 heterocycles. The second-order valence-electron chi connectivity index (χ2n) is 8.66. The van der Waals surface area contributed by atoms with Crippen molar-refractivity contribution in [3.63, 3.8) is 0 Å². The molecule has 1 aromatic heterocycles. The van der Waals surface area contributed by atoms with Gasteiger partial charge in [-0.25, -0.2) is 0 Å². The second kappa shape index (κ2) is 7.69. The molecule has 6 rings (SSSR count). The molecule has 154 valence electrons. The Morgan fingerprint density at radius 1 is 0.656 bits per heavy atom. The summed E-state index contributed by atoms with van der Waals surface area (Å²) in [5, 5.41) is 2.64. The first-order valence-electron chi connectivity index (χ1n) is 11.3. The van der Waals surface area contributed by atoms with Gasteiger partial charge in [-0.1, -0.05) is 78.4 Å². The first-order valence-corrected chi connectivity index (χ1v) is 11.3. The number of allylic oxidation sites excluding steroid dienone is 4. The van der Waals surface area contributed by atoms with E-state index >= 15 is 0 Å². The number of hydrogen-bond donors (Lipinski definition) is 0. The normalized spacial score (nSPS) is 13.6. The number of nitrogens with zero attached hydrogens (tertiary/aromatic N) is 1. The molecule has 1 aliphatic rings. The maximum Gasteiger partial charge on any atom is 0.0541 e. The zero-order valence-electron chi connectivity index (χ0n) is 18.3. The molecule has 1 nitrogen and oxygen atoms in total. The molecule has 0 N–H and O–H groups in total. The standard InChI is InChI=1S/C31H25N/c1-22-12-18-30-28(20-22)29-21-26(24-10-6-3-7-11-24)15-19-31(29)32(30)27-16-13-25(14-17-27)23-8-4-2-5-9-23/h2-6,8-10,12-21H,7,11H2,1H3. The van der Waals surface area contributed by atoms with Gasteiger partial charge in [0.15, 0.2) is 0 Å². The van der Waals surface area contributed by atoms with Gasteiger partial charge in [0.05, 0.1) is 11.0 Å². The highest BCUT2D eigenvalue weighted by Crippen LogP contribution is 2.36. The summed E-state index contributed by atoms with van der Waals surface area (Å²) >= 11 is 0. The second-order valence-corrected chi connectivity index (χ2v) is 8.66. The van der Waals surface area contributed by atoms with E-state index in [-0.39, 0.29) is 0 Å². The number of fused-ring (bicyclic) bond motifs is 3. The Labute approximate surface area is 188 Å². The van der Waals surface area contributed by atoms with Crippen LogP contribution in [0.5, 0.6) is 0 Å². The van der Waals surface area contributed by atoms with Crippen molar-refractivity contribution in [1.29, 1.82) is 0 Å². The third-order valence-corrected chi connectivity index (χ3v) is 6.54. The molecule has 0 saturated carbocycles. The molecular formula is C31H25N. The Kier molecular flexibility index (Phi) is 4.54. The molecule has 0 radical (unpaired) electrons. The molecule has 4 aromatic carbocycles. The molecular weight excluding hydrogens is 386 g/mol. The summed E-state index contributed by atoms with van der Waals surface area (Å²) in [6.07, 6.45) is 8.93. The maximum atomic E-state index is 2.40. The molecule has 0 amide bonds. The van der Waals surface area contributed by atoms with Crippen LogP contribution in [0.1, 0.15) is 24.0 Å². The van der Waals surface area contributed by atoms with E-state index in [1.807, 2.05) is 0 Å². The SMILES string of the molecule is Cc1ccc2c(c1)c1cc(C3=CC=CCC3)ccc1n2-c1ccc(-c2ccccc2)cc1. The van der Waals surface area contributed by atoms with Crippen molar-refractivity contribution in [2.75, 3.05) is 0 Å². The van der Waals surface area contributed by atoms with Crippen LogP contribution in [0.4, 0.5) is 0 Å². The topological polar surface area (TPSA) is 4.93 Å². The first kappa shape index (κ1) is 18.9. The molecule has 0 bridgehead atoms. The van der Waals surface area contributed by atoms with E-state index in [2.05, 4.69) is 121 Å². The number of benzene rings is 4. The summed E-state index contributed by atoms with van der Waals surface area (Å²) in [5.74, 6) is 0. The van der Waals surface area contributed by atoms with Gasteiger partial charge in [-0.2, -0.15) is 0 Å². The Hall–Kier alpha value is -3.84. The average molecular weight is 412 g/mol. The quantitative estimate of drug-likeness (QED) is 0.280. The van der Waals surface area contributed by atoms with Crippen LogP contribution in [0.2, 0.25) is 0 Å². The fraction of sp³-hybridized carbons (Fsp3) is 0.0968. The lowest BCUT2D eigenvalue weighted by molar-refractivity contribution is 1.05. The number of rotatable bonds is 3. The minimum Gasteiger partial charge on any atom is -0.309 e. The van der Waals surface area contributed by atoms with E-state index in [4.69, 9.17) is 0 Å². The van der Waals surface area contributed by atoms with Gasteiger partial charge in [0.25, 0.3) is 0 Å². The number of aromatic nitrogens is 1. The largest absolute Gasteiger partial charge is 0.309 e. The van der Waals surface area contributed by atoms with Crippen LogP contribution in [-0.2, 0) is 0 Å². The molecule has 0 saturated heterocycles. The summed E-state index contributed by atoms with van der Waals surface area (Å²) < 4.78 is 2.40.